The van der Waals surface area contributed by atoms with Gasteiger partial charge in [0.15, 0.2) is 11.6 Å². The van der Waals surface area contributed by atoms with E-state index in [1.807, 2.05) is 0 Å². The van der Waals surface area contributed by atoms with Crippen molar-refractivity contribution in [2.45, 2.75) is 108 Å². The maximum absolute atomic E-state index is 15.1. The highest BCUT2D eigenvalue weighted by Gasteiger charge is 2.75. The molecule has 3 aliphatic heterocycles. The molecule has 31 aromatic rings. The minimum atomic E-state index is -0.423. The number of fused-ring (bicyclic) bond motifs is 8. The maximum Gasteiger partial charge on any atom is 0.169 e. The summed E-state index contributed by atoms with van der Waals surface area (Å²) in [7, 11) is 2.60. The van der Waals surface area contributed by atoms with Gasteiger partial charge in [-0.15, -0.1) is 0 Å². The molecule has 5 aliphatic carbocycles. The zero-order valence-electron chi connectivity index (χ0n) is 55.8. The number of hydrogen-bond donors (Lipinski definition) is 2. The van der Waals surface area contributed by atoms with Gasteiger partial charge in [0, 0.05) is 87.5 Å². The lowest BCUT2D eigenvalue weighted by molar-refractivity contribution is 0.0995. The first kappa shape index (κ1) is 44.9. The minimum absolute atomic E-state index is 0.0151. The molecule has 1 fully saturated rings. The highest BCUT2D eigenvalue weighted by Crippen LogP contribution is 2.86. The monoisotopic (exact) mass is 1280 g/mol. The van der Waals surface area contributed by atoms with Crippen molar-refractivity contribution in [1.82, 2.24) is 24.8 Å². The molecule has 5 atom stereocenters. The molecule has 2 spiro atoms. The number of hydrogen-bond acceptors (Lipinski definition) is 5. The highest BCUT2D eigenvalue weighted by molar-refractivity contribution is 6.82. The van der Waals surface area contributed by atoms with E-state index in [0.29, 0.717) is 6.42 Å². The third kappa shape index (κ3) is 2.98. The van der Waals surface area contributed by atoms with Crippen LogP contribution in [-0.4, -0.2) is 56.0 Å². The number of nitrogens with zero attached hydrogens (tertiary/aromatic N) is 3. The van der Waals surface area contributed by atoms with Crippen LogP contribution in [0.2, 0.25) is 0 Å². The predicted octanol–water partition coefficient (Wildman–Crippen LogP) is 23.5. The Morgan fingerprint density at radius 2 is 0.765 bits per heavy atom. The fourth-order valence-electron chi connectivity index (χ4n) is 32.9. The summed E-state index contributed by atoms with van der Waals surface area (Å²) in [5.74, 6) is 0.618. The molecule has 39 rings (SSSR count). The van der Waals surface area contributed by atoms with E-state index in [9.17, 15) is 4.79 Å². The largest absolute Gasteiger partial charge is 0.355 e. The Kier molecular flexibility index (Phi) is 5.00. The first-order valence-electron chi connectivity index (χ1n) is 38.3. The standard InChI is InChI=1S/C95H41N5O2/c1-8-21-16(2)24-14-29-32(20(6)101)18(4)26(97-29)12-25-17(3)22(92(98-25)23-11-30(102)33-19(5)27(99-93(23)33)13-28(21)96-24)9-10-31-95-90-84-78-68-56-48-40-36-34-35-38-42(40)50(56)60-54-46(38)47-39(35)43-41-37(34)45-44(36)52-58(48)66-72-62(52)63-53(45)59-49(41)57-51(43)61-55(47)65-64(54)76(70(60)78)86(90)87-77(65)71(61)79-69(57)75-67(59)73(63)81-80(72)88(82(84)74(66)68)94(95,15-100(31)7)89(81)83(75)85(79)91(87)95/h12-14,16-17,21-22,31,97,99H,8-11,15H2,1-7H3/t16-,17+,21-,22+,31?,94?,95?/m1/s1. The van der Waals surface area contributed by atoms with E-state index >= 15 is 4.79 Å². The van der Waals surface area contributed by atoms with E-state index in [4.69, 9.17) is 9.97 Å². The second-order valence-corrected chi connectivity index (χ2v) is 36.5. The van der Waals surface area contributed by atoms with Crippen molar-refractivity contribution in [3.63, 3.8) is 0 Å². The number of rotatable bonds is 5. The number of aromatic nitrogens is 4. The molecule has 7 nitrogen and oxygen atoms in total. The molecule has 2 N–H and O–H groups in total. The number of aromatic amines is 2. The topological polar surface area (TPSA) is 94.7 Å². The molecular formula is C95H41N5O2. The lowest BCUT2D eigenvalue weighted by Crippen LogP contribution is -2.54. The van der Waals surface area contributed by atoms with Gasteiger partial charge in [0.25, 0.3) is 0 Å². The lowest BCUT2D eigenvalue weighted by Gasteiger charge is -2.52. The zero-order valence-corrected chi connectivity index (χ0v) is 55.8. The number of likely N-dealkylation sites (tertiary alicyclic amines) is 1. The summed E-state index contributed by atoms with van der Waals surface area (Å²) in [6.45, 7) is 13.9. The van der Waals surface area contributed by atoms with Crippen molar-refractivity contribution >= 4 is 324 Å². The van der Waals surface area contributed by atoms with Gasteiger partial charge in [0.1, 0.15) is 0 Å². The van der Waals surface area contributed by atoms with E-state index in [0.717, 1.165) is 98.5 Å². The number of benzene rings is 18. The Bertz CT molecular complexity index is 9390. The first-order valence-corrected chi connectivity index (χ1v) is 38.3. The average Bonchev–Trinajstić information content (AvgIpc) is 1.38. The Balaban J connectivity index is 0.727. The van der Waals surface area contributed by atoms with Crippen molar-refractivity contribution in [2.75, 3.05) is 13.6 Å². The molecule has 7 heteroatoms. The van der Waals surface area contributed by atoms with Crippen molar-refractivity contribution in [1.29, 1.82) is 0 Å². The molecule has 8 bridgehead atoms. The molecule has 3 aromatic heterocycles. The molecule has 0 radical (unpaired) electrons. The van der Waals surface area contributed by atoms with Crippen LogP contribution in [0.25, 0.3) is 313 Å². The second kappa shape index (κ2) is 11.4. The van der Waals surface area contributed by atoms with Crippen molar-refractivity contribution < 1.29 is 9.59 Å². The molecule has 28 aromatic carbocycles. The van der Waals surface area contributed by atoms with Gasteiger partial charge in [0.05, 0.1) is 27.6 Å². The molecule has 1 unspecified atom stereocenters. The zero-order chi connectivity index (χ0) is 64.1. The summed E-state index contributed by atoms with van der Waals surface area (Å²) < 4.78 is 0. The van der Waals surface area contributed by atoms with Crippen LogP contribution in [0.4, 0.5) is 0 Å². The van der Waals surface area contributed by atoms with E-state index < -0.39 is 5.41 Å². The van der Waals surface area contributed by atoms with Gasteiger partial charge in [-0.2, -0.15) is 0 Å². The molecule has 458 valence electrons. The highest BCUT2D eigenvalue weighted by atomic mass is 16.1. The number of carbonyl (C=O) groups excluding carboxylic acids is 2. The summed E-state index contributed by atoms with van der Waals surface area (Å²) in [5, 5.41) is 88.4. The lowest BCUT2D eigenvalue weighted by atomic mass is 9.48. The van der Waals surface area contributed by atoms with Crippen molar-refractivity contribution in [2.24, 2.45) is 0 Å². The molecule has 1 saturated heterocycles. The summed E-state index contributed by atoms with van der Waals surface area (Å²) in [4.78, 5) is 51.3. The molecule has 8 aliphatic rings. The van der Waals surface area contributed by atoms with E-state index in [1.54, 1.807) is 320 Å². The van der Waals surface area contributed by atoms with Gasteiger partial charge in [-0.3, -0.25) is 19.6 Å². The average molecular weight is 1280 g/mol. The summed E-state index contributed by atoms with van der Waals surface area (Å²) in [5.41, 5.74) is 18.5. The van der Waals surface area contributed by atoms with Crippen LogP contribution in [0, 0.1) is 13.8 Å². The number of nitrogens with one attached hydrogen (secondary N) is 2. The Morgan fingerprint density at radius 1 is 0.431 bits per heavy atom. The number of aryl methyl sites for hydroxylation is 2. The minimum Gasteiger partial charge on any atom is -0.355 e. The molecule has 0 amide bonds. The van der Waals surface area contributed by atoms with Crippen LogP contribution in [0.3, 0.4) is 0 Å². The van der Waals surface area contributed by atoms with E-state index in [2.05, 4.69) is 74.7 Å². The molecule has 102 heavy (non-hydrogen) atoms. The maximum atomic E-state index is 15.1. The third-order valence-corrected chi connectivity index (χ3v) is 34.7. The number of carbonyl (C=O) groups is 2. The number of H-pyrrole nitrogens is 2. The molecule has 6 heterocycles. The summed E-state index contributed by atoms with van der Waals surface area (Å²) >= 11 is 0. The van der Waals surface area contributed by atoms with Crippen LogP contribution in [0.5, 0.6) is 0 Å². The quantitative estimate of drug-likeness (QED) is 0.132. The first-order chi connectivity index (χ1) is 50.0. The van der Waals surface area contributed by atoms with Crippen LogP contribution >= 0.6 is 0 Å². The van der Waals surface area contributed by atoms with Gasteiger partial charge in [-0.25, -0.2) is 0 Å². The van der Waals surface area contributed by atoms with Gasteiger partial charge < -0.3 is 14.9 Å². The Hall–Kier alpha value is -11.1. The summed E-state index contributed by atoms with van der Waals surface area (Å²) in [6, 6.07) is 6.81. The fraction of sp³-hybridized carbons (Fsp3) is 0.200. The van der Waals surface area contributed by atoms with Crippen molar-refractivity contribution in [3.8, 4) is 0 Å². The van der Waals surface area contributed by atoms with Gasteiger partial charge in [0.2, 0.25) is 0 Å². The number of ketones is 2. The van der Waals surface area contributed by atoms with Crippen molar-refractivity contribution in [3.05, 3.63) is 91.0 Å². The summed E-state index contributed by atoms with van der Waals surface area (Å²) in [6.07, 6.45) is 3.15. The van der Waals surface area contributed by atoms with Crippen LogP contribution < -0.4 is 0 Å². The Labute approximate surface area is 567 Å². The smallest absolute Gasteiger partial charge is 0.169 e. The van der Waals surface area contributed by atoms with Crippen LogP contribution in [0.15, 0.2) is 18.2 Å². The SMILES string of the molecule is CC[C@H]1c2cc3[nH]c4c(c5nc(cc6[nH]c(cc(n2)[C@@H]1C)c(C(C)=O)c6C)[C@@H](C)[C@@H]5CCC1N(C)CC25c6c7c8c9c%10c%11c(c%12c%13c2c2c6c6c%14c7c7c8c8c%10c%10c%15c%11c%11c%12c%12c%13c%13c2c2c6c6c%14c%14c7c7c8c%10c8c%10c%15c%11c%11c%12c%12c%13c2c2c6c6c%14c7c8c7c%10c%11c%12c2c67)C915)CC(=O)c4c3C. The molecule has 0 saturated carbocycles. The molecular weight excluding hydrogens is 1240 g/mol. The normalized spacial score (nSPS) is 24.3. The van der Waals surface area contributed by atoms with Crippen LogP contribution in [0.1, 0.15) is 153 Å². The third-order valence-electron chi connectivity index (χ3n) is 34.7. The van der Waals surface area contributed by atoms with Gasteiger partial charge >= 0.3 is 0 Å². The van der Waals surface area contributed by atoms with E-state index in [-0.39, 0.29) is 46.7 Å². The Morgan fingerprint density at radius 3 is 1.15 bits per heavy atom. The number of Topliss-reactive ketones (excluding diaryl/α,β-unsaturated/α-hetero) is 2. The van der Waals surface area contributed by atoms with Gasteiger partial charge in [-0.1, -0.05) is 20.8 Å². The number of likely N-dealkylation sites (N-methyl/N-ethyl adjacent to an activating group) is 1. The van der Waals surface area contributed by atoms with E-state index in [1.165, 1.54) is 0 Å². The second-order valence-electron chi connectivity index (χ2n) is 36.5. The fourth-order valence-corrected chi connectivity index (χ4v) is 32.9. The predicted molar refractivity (Wildman–Crippen MR) is 421 cm³/mol. The van der Waals surface area contributed by atoms with Crippen LogP contribution in [-0.2, 0) is 17.3 Å². The van der Waals surface area contributed by atoms with Gasteiger partial charge in [-0.05, 0) is 390 Å².